The highest BCUT2D eigenvalue weighted by atomic mass is 35.5. The number of hydrogen-bond acceptors (Lipinski definition) is 3. The van der Waals surface area contributed by atoms with Crippen LogP contribution >= 0.6 is 11.6 Å². The number of rotatable bonds is 5. The van der Waals surface area contributed by atoms with E-state index in [0.717, 1.165) is 30.5 Å². The molecular formula is C18H21ClN4O2. The first-order valence-corrected chi connectivity index (χ1v) is 8.72. The largest absolute Gasteiger partial charge is 0.349 e. The Hall–Kier alpha value is -2.34. The minimum atomic E-state index is -0.254. The lowest BCUT2D eigenvalue weighted by molar-refractivity contribution is 0.0949. The number of amides is 2. The van der Waals surface area contributed by atoms with Crippen molar-refractivity contribution in [3.63, 3.8) is 0 Å². The monoisotopic (exact) mass is 360 g/mol. The average Bonchev–Trinajstić information content (AvgIpc) is 3.32. The smallest absolute Gasteiger partial charge is 0.274 e. The van der Waals surface area contributed by atoms with Crippen LogP contribution in [0.1, 0.15) is 51.9 Å². The van der Waals surface area contributed by atoms with Gasteiger partial charge in [-0.15, -0.1) is 0 Å². The normalized spacial score (nSPS) is 13.6. The summed E-state index contributed by atoms with van der Waals surface area (Å²) >= 11 is 6.14. The number of carbonyl (C=O) groups excluding carboxylic acids is 2. The van der Waals surface area contributed by atoms with E-state index in [1.165, 1.54) is 0 Å². The maximum Gasteiger partial charge on any atom is 0.274 e. The first kappa shape index (κ1) is 17.5. The Labute approximate surface area is 151 Å². The SMILES string of the molecule is CCc1c(C)nn(C)c1C(=O)Nc1ccc(Cl)c(C(=O)NC2CC2)c1. The van der Waals surface area contributed by atoms with Crippen molar-refractivity contribution < 1.29 is 9.59 Å². The van der Waals surface area contributed by atoms with Crippen LogP contribution in [0.4, 0.5) is 5.69 Å². The predicted octanol–water partition coefficient (Wildman–Crippen LogP) is 3.09. The van der Waals surface area contributed by atoms with E-state index in [1.807, 2.05) is 13.8 Å². The van der Waals surface area contributed by atoms with Crippen LogP contribution < -0.4 is 10.6 Å². The molecule has 0 unspecified atom stereocenters. The Morgan fingerprint density at radius 2 is 2.04 bits per heavy atom. The maximum absolute atomic E-state index is 12.7. The van der Waals surface area contributed by atoms with E-state index >= 15 is 0 Å². The summed E-state index contributed by atoms with van der Waals surface area (Å²) in [7, 11) is 1.75. The molecule has 2 aromatic rings. The van der Waals surface area contributed by atoms with Gasteiger partial charge in [0.25, 0.3) is 11.8 Å². The number of aromatic nitrogens is 2. The summed E-state index contributed by atoms with van der Waals surface area (Å²) in [6, 6.07) is 5.15. The molecule has 0 aliphatic heterocycles. The summed E-state index contributed by atoms with van der Waals surface area (Å²) in [5, 5.41) is 10.4. The van der Waals surface area contributed by atoms with E-state index in [9.17, 15) is 9.59 Å². The summed E-state index contributed by atoms with van der Waals surface area (Å²) < 4.78 is 1.58. The zero-order valence-electron chi connectivity index (χ0n) is 14.5. The molecule has 0 bridgehead atoms. The van der Waals surface area contributed by atoms with Crippen molar-refractivity contribution in [2.24, 2.45) is 7.05 Å². The first-order valence-electron chi connectivity index (χ1n) is 8.35. The Bertz CT molecular complexity index is 840. The molecule has 2 amide bonds. The van der Waals surface area contributed by atoms with E-state index in [2.05, 4.69) is 15.7 Å². The molecule has 1 fully saturated rings. The Balaban J connectivity index is 1.83. The van der Waals surface area contributed by atoms with Gasteiger partial charge in [-0.1, -0.05) is 18.5 Å². The number of benzene rings is 1. The second-order valence-electron chi connectivity index (χ2n) is 6.29. The molecule has 1 aliphatic carbocycles. The lowest BCUT2D eigenvalue weighted by atomic mass is 10.1. The van der Waals surface area contributed by atoms with E-state index in [1.54, 1.807) is 29.9 Å². The van der Waals surface area contributed by atoms with Gasteiger partial charge in [0.1, 0.15) is 5.69 Å². The molecule has 1 heterocycles. The molecule has 7 heteroatoms. The number of nitrogens with one attached hydrogen (secondary N) is 2. The van der Waals surface area contributed by atoms with Gasteiger partial charge in [0.05, 0.1) is 16.3 Å². The minimum absolute atomic E-state index is 0.214. The van der Waals surface area contributed by atoms with E-state index in [4.69, 9.17) is 11.6 Å². The van der Waals surface area contributed by atoms with Crippen molar-refractivity contribution in [1.29, 1.82) is 0 Å². The Kier molecular flexibility index (Phi) is 4.81. The second kappa shape index (κ2) is 6.88. The van der Waals surface area contributed by atoms with Gasteiger partial charge >= 0.3 is 0 Å². The Morgan fingerprint density at radius 1 is 1.32 bits per heavy atom. The highest BCUT2D eigenvalue weighted by Gasteiger charge is 2.25. The fourth-order valence-corrected chi connectivity index (χ4v) is 3.07. The van der Waals surface area contributed by atoms with Crippen LogP contribution in [-0.4, -0.2) is 27.6 Å². The minimum Gasteiger partial charge on any atom is -0.349 e. The van der Waals surface area contributed by atoms with Crippen LogP contribution in [0.25, 0.3) is 0 Å². The van der Waals surface area contributed by atoms with Crippen LogP contribution in [0.5, 0.6) is 0 Å². The molecule has 2 N–H and O–H groups in total. The number of anilines is 1. The third-order valence-corrected chi connectivity index (χ3v) is 4.63. The zero-order chi connectivity index (χ0) is 18.1. The first-order chi connectivity index (χ1) is 11.9. The van der Waals surface area contributed by atoms with Gasteiger partial charge in [0.2, 0.25) is 0 Å². The van der Waals surface area contributed by atoms with Crippen LogP contribution in [-0.2, 0) is 13.5 Å². The fraction of sp³-hybridized carbons (Fsp3) is 0.389. The third-order valence-electron chi connectivity index (χ3n) is 4.30. The molecule has 1 aromatic carbocycles. The lowest BCUT2D eigenvalue weighted by Gasteiger charge is -2.10. The van der Waals surface area contributed by atoms with Crippen LogP contribution in [0, 0.1) is 6.92 Å². The molecule has 132 valence electrons. The average molecular weight is 361 g/mol. The Morgan fingerprint density at radius 3 is 2.68 bits per heavy atom. The predicted molar refractivity (Wildman–Crippen MR) is 97.2 cm³/mol. The fourth-order valence-electron chi connectivity index (χ4n) is 2.87. The van der Waals surface area contributed by atoms with Gasteiger partial charge in [0, 0.05) is 24.3 Å². The van der Waals surface area contributed by atoms with Crippen molar-refractivity contribution in [3.8, 4) is 0 Å². The van der Waals surface area contributed by atoms with E-state index in [0.29, 0.717) is 22.0 Å². The van der Waals surface area contributed by atoms with Crippen LogP contribution in [0.3, 0.4) is 0 Å². The maximum atomic E-state index is 12.7. The van der Waals surface area contributed by atoms with E-state index in [-0.39, 0.29) is 17.9 Å². The zero-order valence-corrected chi connectivity index (χ0v) is 15.3. The molecule has 0 saturated heterocycles. The van der Waals surface area contributed by atoms with Gasteiger partial charge < -0.3 is 10.6 Å². The topological polar surface area (TPSA) is 76.0 Å². The number of carbonyl (C=O) groups is 2. The summed E-state index contributed by atoms with van der Waals surface area (Å²) in [6.45, 7) is 3.88. The molecule has 3 rings (SSSR count). The standard InChI is InChI=1S/C18H21ClN4O2/c1-4-13-10(2)22-23(3)16(13)18(25)21-12-7-8-15(19)14(9-12)17(24)20-11-5-6-11/h7-9,11H,4-6H2,1-3H3,(H,20,24)(H,21,25). The van der Waals surface area contributed by atoms with Crippen LogP contribution in [0.15, 0.2) is 18.2 Å². The molecule has 1 saturated carbocycles. The quantitative estimate of drug-likeness (QED) is 0.860. The van der Waals surface area contributed by atoms with E-state index < -0.39 is 0 Å². The molecule has 0 atom stereocenters. The summed E-state index contributed by atoms with van der Waals surface area (Å²) in [4.78, 5) is 24.9. The highest BCUT2D eigenvalue weighted by Crippen LogP contribution is 2.24. The molecule has 25 heavy (non-hydrogen) atoms. The second-order valence-corrected chi connectivity index (χ2v) is 6.69. The molecular weight excluding hydrogens is 340 g/mol. The molecule has 0 spiro atoms. The van der Waals surface area contributed by atoms with Crippen molar-refractivity contribution in [2.45, 2.75) is 39.2 Å². The third kappa shape index (κ3) is 3.69. The molecule has 0 radical (unpaired) electrons. The van der Waals surface area contributed by atoms with Gasteiger partial charge in [-0.25, -0.2) is 0 Å². The molecule has 1 aliphatic rings. The number of aryl methyl sites for hydroxylation is 2. The molecule has 1 aromatic heterocycles. The lowest BCUT2D eigenvalue weighted by Crippen LogP contribution is -2.26. The summed E-state index contributed by atoms with van der Waals surface area (Å²) in [5.74, 6) is -0.468. The van der Waals surface area contributed by atoms with Gasteiger partial charge in [-0.2, -0.15) is 5.10 Å². The van der Waals surface area contributed by atoms with Crippen molar-refractivity contribution in [1.82, 2.24) is 15.1 Å². The number of hydrogen-bond donors (Lipinski definition) is 2. The van der Waals surface area contributed by atoms with Crippen LogP contribution in [0.2, 0.25) is 5.02 Å². The van der Waals surface area contributed by atoms with Gasteiger partial charge in [-0.05, 0) is 44.4 Å². The van der Waals surface area contributed by atoms with Gasteiger partial charge in [-0.3, -0.25) is 14.3 Å². The van der Waals surface area contributed by atoms with Crippen molar-refractivity contribution in [3.05, 3.63) is 45.7 Å². The van der Waals surface area contributed by atoms with Crippen molar-refractivity contribution >= 4 is 29.1 Å². The summed E-state index contributed by atoms with van der Waals surface area (Å²) in [6.07, 6.45) is 2.72. The number of nitrogens with zero attached hydrogens (tertiary/aromatic N) is 2. The number of halogens is 1. The molecule has 6 nitrogen and oxygen atoms in total. The van der Waals surface area contributed by atoms with Gasteiger partial charge in [0.15, 0.2) is 0 Å². The van der Waals surface area contributed by atoms with Crippen molar-refractivity contribution in [2.75, 3.05) is 5.32 Å². The highest BCUT2D eigenvalue weighted by molar-refractivity contribution is 6.34. The summed E-state index contributed by atoms with van der Waals surface area (Å²) in [5.41, 5.74) is 3.18.